The fraction of sp³-hybridized carbons (Fsp3) is 0.350. The van der Waals surface area contributed by atoms with E-state index in [1.807, 2.05) is 17.8 Å². The zero-order valence-corrected chi connectivity index (χ0v) is 17.7. The number of hydrogen-bond acceptors (Lipinski definition) is 5. The summed E-state index contributed by atoms with van der Waals surface area (Å²) in [5.74, 6) is 0.783. The van der Waals surface area contributed by atoms with E-state index in [-0.39, 0.29) is 30.9 Å². The third kappa shape index (κ3) is 4.53. The molecule has 3 aromatic rings. The van der Waals surface area contributed by atoms with Gasteiger partial charge in [0, 0.05) is 45.1 Å². The molecule has 3 heterocycles. The van der Waals surface area contributed by atoms with Crippen LogP contribution in [0.25, 0.3) is 5.69 Å². The summed E-state index contributed by atoms with van der Waals surface area (Å²) in [7, 11) is 1.95. The molecular formula is C20H25ClFN7O. The summed E-state index contributed by atoms with van der Waals surface area (Å²) in [5.41, 5.74) is 0.987. The number of hydrogen-bond donors (Lipinski definition) is 2. The largest absolute Gasteiger partial charge is 0.337 e. The molecule has 4 rings (SSSR count). The number of halogens is 2. The Morgan fingerprint density at radius 2 is 2.17 bits per heavy atom. The fourth-order valence-corrected chi connectivity index (χ4v) is 3.65. The molecule has 160 valence electrons. The first-order chi connectivity index (χ1) is 14.0. The lowest BCUT2D eigenvalue weighted by molar-refractivity contribution is -0.118. The quantitative estimate of drug-likeness (QED) is 0.643. The molecular weight excluding hydrogens is 409 g/mol. The second kappa shape index (κ2) is 9.38. The Labute approximate surface area is 180 Å². The molecule has 0 bridgehead atoms. The first kappa shape index (κ1) is 21.9. The number of benzene rings is 1. The summed E-state index contributed by atoms with van der Waals surface area (Å²) < 4.78 is 17.6. The maximum absolute atomic E-state index is 14.2. The molecule has 1 unspecified atom stereocenters. The number of carbonyl (C=O) groups is 1. The van der Waals surface area contributed by atoms with E-state index in [2.05, 4.69) is 25.6 Å². The monoisotopic (exact) mass is 433 g/mol. The number of nitrogens with one attached hydrogen (secondary N) is 2. The summed E-state index contributed by atoms with van der Waals surface area (Å²) in [4.78, 5) is 19.4. The van der Waals surface area contributed by atoms with E-state index in [0.29, 0.717) is 17.2 Å². The first-order valence-corrected chi connectivity index (χ1v) is 9.56. The molecule has 1 amide bonds. The van der Waals surface area contributed by atoms with Crippen LogP contribution < -0.4 is 10.6 Å². The Kier molecular flexibility index (Phi) is 6.86. The minimum Gasteiger partial charge on any atom is -0.337 e. The van der Waals surface area contributed by atoms with Crippen molar-refractivity contribution in [2.75, 3.05) is 31.5 Å². The van der Waals surface area contributed by atoms with E-state index in [1.54, 1.807) is 37.4 Å². The molecule has 1 atom stereocenters. The molecule has 0 saturated carbocycles. The number of aryl methyl sites for hydroxylation is 2. The van der Waals surface area contributed by atoms with Gasteiger partial charge in [0.1, 0.15) is 23.1 Å². The van der Waals surface area contributed by atoms with Crippen LogP contribution in [-0.4, -0.2) is 56.3 Å². The van der Waals surface area contributed by atoms with Gasteiger partial charge in [0.05, 0.1) is 18.3 Å². The molecule has 1 aliphatic heterocycles. The van der Waals surface area contributed by atoms with Crippen LogP contribution in [-0.2, 0) is 11.8 Å². The summed E-state index contributed by atoms with van der Waals surface area (Å²) in [6, 6.07) is 8.10. The smallest absolute Gasteiger partial charge is 0.239 e. The summed E-state index contributed by atoms with van der Waals surface area (Å²) >= 11 is 0. The van der Waals surface area contributed by atoms with Gasteiger partial charge in [0.2, 0.25) is 5.91 Å². The molecule has 0 spiro atoms. The molecule has 0 aliphatic carbocycles. The zero-order chi connectivity index (χ0) is 20.4. The number of carbonyl (C=O) groups excluding carboxylic acids is 1. The van der Waals surface area contributed by atoms with Crippen LogP contribution in [0.1, 0.15) is 17.6 Å². The molecule has 1 fully saturated rings. The van der Waals surface area contributed by atoms with Crippen LogP contribution in [0.3, 0.4) is 0 Å². The lowest BCUT2D eigenvalue weighted by Crippen LogP contribution is -2.49. The van der Waals surface area contributed by atoms with Crippen LogP contribution in [0, 0.1) is 12.7 Å². The highest BCUT2D eigenvalue weighted by molar-refractivity contribution is 5.91. The van der Waals surface area contributed by atoms with Gasteiger partial charge in [-0.3, -0.25) is 9.69 Å². The number of imidazole rings is 1. The molecule has 2 N–H and O–H groups in total. The van der Waals surface area contributed by atoms with Crippen LogP contribution in [0.5, 0.6) is 0 Å². The van der Waals surface area contributed by atoms with Gasteiger partial charge in [-0.2, -0.15) is 5.10 Å². The van der Waals surface area contributed by atoms with Crippen molar-refractivity contribution >= 4 is 24.1 Å². The summed E-state index contributed by atoms with van der Waals surface area (Å²) in [6.07, 6.45) is 3.66. The van der Waals surface area contributed by atoms with Crippen LogP contribution >= 0.6 is 12.4 Å². The standard InChI is InChI=1S/C20H24FN7O.ClH/c1-14-11-18(28(25-14)16-6-4-3-5-15(16)21)24-19(29)13-27-10-7-22-12-17(27)20-23-8-9-26(20)2;/h3-6,8-9,11,17,22H,7,10,12-13H2,1-2H3,(H,24,29);1H. The minimum absolute atomic E-state index is 0. The van der Waals surface area contributed by atoms with Crippen molar-refractivity contribution < 1.29 is 9.18 Å². The highest BCUT2D eigenvalue weighted by Crippen LogP contribution is 2.22. The summed E-state index contributed by atoms with van der Waals surface area (Å²) in [6.45, 7) is 4.28. The number of anilines is 1. The molecule has 10 heteroatoms. The van der Waals surface area contributed by atoms with Crippen LogP contribution in [0.15, 0.2) is 42.7 Å². The van der Waals surface area contributed by atoms with Gasteiger partial charge in [0.25, 0.3) is 0 Å². The van der Waals surface area contributed by atoms with Gasteiger partial charge in [0.15, 0.2) is 0 Å². The van der Waals surface area contributed by atoms with Gasteiger partial charge in [-0.25, -0.2) is 14.1 Å². The number of amides is 1. The van der Waals surface area contributed by atoms with Crippen molar-refractivity contribution in [3.63, 3.8) is 0 Å². The number of para-hydroxylation sites is 1. The number of piperazine rings is 1. The predicted octanol–water partition coefficient (Wildman–Crippen LogP) is 2.06. The average molecular weight is 434 g/mol. The molecule has 1 aromatic carbocycles. The Hall–Kier alpha value is -2.75. The van der Waals surface area contributed by atoms with Gasteiger partial charge in [-0.15, -0.1) is 12.4 Å². The number of nitrogens with zero attached hydrogens (tertiary/aromatic N) is 5. The highest BCUT2D eigenvalue weighted by Gasteiger charge is 2.28. The van der Waals surface area contributed by atoms with E-state index in [1.165, 1.54) is 10.7 Å². The number of aromatic nitrogens is 4. The zero-order valence-electron chi connectivity index (χ0n) is 16.9. The Bertz CT molecular complexity index is 1020. The average Bonchev–Trinajstić information content (AvgIpc) is 3.28. The third-order valence-corrected chi connectivity index (χ3v) is 5.04. The van der Waals surface area contributed by atoms with E-state index >= 15 is 0 Å². The van der Waals surface area contributed by atoms with Gasteiger partial charge >= 0.3 is 0 Å². The molecule has 1 saturated heterocycles. The van der Waals surface area contributed by atoms with Gasteiger partial charge < -0.3 is 15.2 Å². The number of rotatable bonds is 5. The van der Waals surface area contributed by atoms with Gasteiger partial charge in [-0.1, -0.05) is 12.1 Å². The van der Waals surface area contributed by atoms with E-state index < -0.39 is 5.82 Å². The Balaban J connectivity index is 0.00000256. The van der Waals surface area contributed by atoms with Gasteiger partial charge in [-0.05, 0) is 19.1 Å². The maximum Gasteiger partial charge on any atom is 0.239 e. The van der Waals surface area contributed by atoms with E-state index in [9.17, 15) is 9.18 Å². The normalized spacial score (nSPS) is 16.8. The topological polar surface area (TPSA) is 80.0 Å². The minimum atomic E-state index is -0.400. The summed E-state index contributed by atoms with van der Waals surface area (Å²) in [5, 5.41) is 10.6. The van der Waals surface area contributed by atoms with Crippen molar-refractivity contribution in [3.05, 3.63) is 60.1 Å². The Morgan fingerprint density at radius 3 is 2.90 bits per heavy atom. The van der Waals surface area contributed by atoms with E-state index in [0.717, 1.165) is 25.5 Å². The SMILES string of the molecule is Cc1cc(NC(=O)CN2CCNCC2c2nccn2C)n(-c2ccccc2F)n1.Cl. The third-order valence-electron chi connectivity index (χ3n) is 5.04. The Morgan fingerprint density at radius 1 is 1.37 bits per heavy atom. The molecule has 2 aromatic heterocycles. The van der Waals surface area contributed by atoms with Crippen molar-refractivity contribution in [1.29, 1.82) is 0 Å². The first-order valence-electron chi connectivity index (χ1n) is 9.56. The van der Waals surface area contributed by atoms with Crippen molar-refractivity contribution in [2.45, 2.75) is 13.0 Å². The molecule has 30 heavy (non-hydrogen) atoms. The van der Waals surface area contributed by atoms with Crippen LogP contribution in [0.2, 0.25) is 0 Å². The molecule has 1 aliphatic rings. The molecule has 0 radical (unpaired) electrons. The van der Waals surface area contributed by atoms with Crippen molar-refractivity contribution in [2.24, 2.45) is 7.05 Å². The fourth-order valence-electron chi connectivity index (χ4n) is 3.65. The second-order valence-electron chi connectivity index (χ2n) is 7.17. The van der Waals surface area contributed by atoms with E-state index in [4.69, 9.17) is 0 Å². The van der Waals surface area contributed by atoms with Crippen molar-refractivity contribution in [3.8, 4) is 5.69 Å². The van der Waals surface area contributed by atoms with Crippen molar-refractivity contribution in [1.82, 2.24) is 29.5 Å². The molecule has 8 nitrogen and oxygen atoms in total. The second-order valence-corrected chi connectivity index (χ2v) is 7.17. The maximum atomic E-state index is 14.2. The lowest BCUT2D eigenvalue weighted by atomic mass is 10.1. The highest BCUT2D eigenvalue weighted by atomic mass is 35.5. The van der Waals surface area contributed by atoms with Crippen LogP contribution in [0.4, 0.5) is 10.2 Å². The lowest BCUT2D eigenvalue weighted by Gasteiger charge is -2.35. The predicted molar refractivity (Wildman–Crippen MR) is 115 cm³/mol.